The Labute approximate surface area is 195 Å². The molecule has 0 unspecified atom stereocenters. The van der Waals surface area contributed by atoms with Crippen LogP contribution in [0.4, 0.5) is 0 Å². The molecule has 0 radical (unpaired) electrons. The Morgan fingerprint density at radius 3 is 2.78 bits per heavy atom. The molecule has 8 heteroatoms. The van der Waals surface area contributed by atoms with Crippen LogP contribution >= 0.6 is 23.1 Å². The molecule has 5 rings (SSSR count). The second-order valence-electron chi connectivity index (χ2n) is 8.46. The Hall–Kier alpha value is -2.16. The summed E-state index contributed by atoms with van der Waals surface area (Å²) in [6.45, 7) is 6.28. The van der Waals surface area contributed by atoms with Gasteiger partial charge in [0, 0.05) is 18.0 Å². The largest absolute Gasteiger partial charge is 0.378 e. The predicted molar refractivity (Wildman–Crippen MR) is 129 cm³/mol. The molecule has 3 heterocycles. The molecule has 1 atom stereocenters. The third-order valence-electron chi connectivity index (χ3n) is 6.17. The van der Waals surface area contributed by atoms with E-state index in [1.54, 1.807) is 15.9 Å². The molecule has 1 aliphatic carbocycles. The highest BCUT2D eigenvalue weighted by molar-refractivity contribution is 8.00. The normalized spacial score (nSPS) is 17.4. The number of carbonyl (C=O) groups is 1. The molecule has 3 aromatic rings. The average Bonchev–Trinajstić information content (AvgIpc) is 3.18. The monoisotopic (exact) mass is 469 g/mol. The molecule has 0 saturated carbocycles. The highest BCUT2D eigenvalue weighted by Gasteiger charge is 2.27. The number of aryl methyl sites for hydroxylation is 3. The molecule has 2 aromatic heterocycles. The van der Waals surface area contributed by atoms with E-state index in [9.17, 15) is 9.59 Å². The second kappa shape index (κ2) is 9.00. The molecule has 1 fully saturated rings. The highest BCUT2D eigenvalue weighted by atomic mass is 32.2. The van der Waals surface area contributed by atoms with Crippen LogP contribution in [-0.2, 0) is 22.4 Å². The van der Waals surface area contributed by atoms with Crippen molar-refractivity contribution in [2.75, 3.05) is 26.3 Å². The van der Waals surface area contributed by atoms with Crippen molar-refractivity contribution in [2.24, 2.45) is 0 Å². The van der Waals surface area contributed by atoms with Gasteiger partial charge in [0.05, 0.1) is 29.5 Å². The number of carbonyl (C=O) groups excluding carboxylic acids is 1. The summed E-state index contributed by atoms with van der Waals surface area (Å²) in [5.74, 6) is 0.0638. The third kappa shape index (κ3) is 4.00. The Kier molecular flexibility index (Phi) is 6.09. The molecule has 1 saturated heterocycles. The van der Waals surface area contributed by atoms with Crippen molar-refractivity contribution in [3.8, 4) is 5.69 Å². The smallest absolute Gasteiger partial charge is 0.267 e. The van der Waals surface area contributed by atoms with Crippen molar-refractivity contribution in [3.63, 3.8) is 0 Å². The molecule has 0 bridgehead atoms. The van der Waals surface area contributed by atoms with E-state index in [2.05, 4.69) is 0 Å². The van der Waals surface area contributed by atoms with Gasteiger partial charge in [-0.3, -0.25) is 14.2 Å². The van der Waals surface area contributed by atoms with E-state index < -0.39 is 0 Å². The van der Waals surface area contributed by atoms with Gasteiger partial charge in [0.25, 0.3) is 5.56 Å². The first-order valence-electron chi connectivity index (χ1n) is 11.2. The number of rotatable bonds is 4. The molecule has 1 aliphatic heterocycles. The van der Waals surface area contributed by atoms with Crippen LogP contribution < -0.4 is 5.56 Å². The fraction of sp³-hybridized carbons (Fsp3) is 0.458. The number of hydrogen-bond acceptors (Lipinski definition) is 6. The van der Waals surface area contributed by atoms with Crippen molar-refractivity contribution < 1.29 is 9.53 Å². The van der Waals surface area contributed by atoms with Gasteiger partial charge in [0.15, 0.2) is 5.16 Å². The fourth-order valence-corrected chi connectivity index (χ4v) is 6.82. The van der Waals surface area contributed by atoms with E-state index >= 15 is 0 Å². The van der Waals surface area contributed by atoms with Crippen molar-refractivity contribution in [1.82, 2.24) is 14.5 Å². The van der Waals surface area contributed by atoms with Gasteiger partial charge in [-0.05, 0) is 62.8 Å². The summed E-state index contributed by atoms with van der Waals surface area (Å²) in [5, 5.41) is 1.01. The van der Waals surface area contributed by atoms with Gasteiger partial charge < -0.3 is 9.64 Å². The summed E-state index contributed by atoms with van der Waals surface area (Å²) in [5.41, 5.74) is 3.04. The topological polar surface area (TPSA) is 64.4 Å². The van der Waals surface area contributed by atoms with Crippen LogP contribution in [0.25, 0.3) is 15.9 Å². The van der Waals surface area contributed by atoms with Crippen LogP contribution in [0.5, 0.6) is 0 Å². The Morgan fingerprint density at radius 2 is 2.00 bits per heavy atom. The Balaban J connectivity index is 1.61. The van der Waals surface area contributed by atoms with Gasteiger partial charge in [-0.2, -0.15) is 0 Å². The summed E-state index contributed by atoms with van der Waals surface area (Å²) in [6, 6.07) is 7.93. The SMILES string of the molecule is Cc1cccc(-n2c(S[C@@H](C)C(=O)N3CCOCC3)nc3sc4c(c3c2=O)CCCC4)c1. The van der Waals surface area contributed by atoms with Gasteiger partial charge >= 0.3 is 0 Å². The molecule has 1 amide bonds. The van der Waals surface area contributed by atoms with Gasteiger partial charge in [0.1, 0.15) is 4.83 Å². The molecular weight excluding hydrogens is 442 g/mol. The molecule has 2 aliphatic rings. The Bertz CT molecular complexity index is 1230. The minimum atomic E-state index is -0.344. The lowest BCUT2D eigenvalue weighted by Gasteiger charge is -2.29. The summed E-state index contributed by atoms with van der Waals surface area (Å²) < 4.78 is 7.10. The van der Waals surface area contributed by atoms with E-state index in [1.807, 2.05) is 43.0 Å². The summed E-state index contributed by atoms with van der Waals surface area (Å²) in [7, 11) is 0. The number of thiophene rings is 1. The first kappa shape index (κ1) is 21.7. The second-order valence-corrected chi connectivity index (χ2v) is 10.9. The van der Waals surface area contributed by atoms with Crippen molar-refractivity contribution in [3.05, 3.63) is 50.6 Å². The van der Waals surface area contributed by atoms with Crippen molar-refractivity contribution in [2.45, 2.75) is 49.9 Å². The van der Waals surface area contributed by atoms with Crippen LogP contribution in [0, 0.1) is 6.92 Å². The fourth-order valence-electron chi connectivity index (χ4n) is 4.51. The van der Waals surface area contributed by atoms with Gasteiger partial charge in [0.2, 0.25) is 5.91 Å². The van der Waals surface area contributed by atoms with Crippen LogP contribution in [0.2, 0.25) is 0 Å². The third-order valence-corrected chi connectivity index (χ3v) is 8.40. The molecule has 1 aromatic carbocycles. The molecule has 168 valence electrons. The Morgan fingerprint density at radius 1 is 1.22 bits per heavy atom. The molecule has 0 N–H and O–H groups in total. The minimum Gasteiger partial charge on any atom is -0.378 e. The first-order chi connectivity index (χ1) is 15.5. The van der Waals surface area contributed by atoms with E-state index in [0.717, 1.165) is 40.7 Å². The summed E-state index contributed by atoms with van der Waals surface area (Å²) in [4.78, 5) is 35.8. The minimum absolute atomic E-state index is 0.0199. The number of morpholine rings is 1. The number of hydrogen-bond donors (Lipinski definition) is 0. The maximum Gasteiger partial charge on any atom is 0.267 e. The zero-order valence-electron chi connectivity index (χ0n) is 18.4. The predicted octanol–water partition coefficient (Wildman–Crippen LogP) is 3.97. The lowest BCUT2D eigenvalue weighted by Crippen LogP contribution is -2.44. The molecule has 32 heavy (non-hydrogen) atoms. The zero-order chi connectivity index (χ0) is 22.2. The van der Waals surface area contributed by atoms with E-state index in [-0.39, 0.29) is 16.7 Å². The van der Waals surface area contributed by atoms with Crippen LogP contribution in [-0.4, -0.2) is 51.9 Å². The number of fused-ring (bicyclic) bond motifs is 3. The van der Waals surface area contributed by atoms with Gasteiger partial charge in [-0.25, -0.2) is 4.98 Å². The zero-order valence-corrected chi connectivity index (χ0v) is 20.1. The van der Waals surface area contributed by atoms with E-state index in [0.29, 0.717) is 31.5 Å². The lowest BCUT2D eigenvalue weighted by atomic mass is 9.97. The van der Waals surface area contributed by atoms with Crippen molar-refractivity contribution >= 4 is 39.2 Å². The number of aromatic nitrogens is 2. The van der Waals surface area contributed by atoms with Crippen LogP contribution in [0.3, 0.4) is 0 Å². The quantitative estimate of drug-likeness (QED) is 0.427. The van der Waals surface area contributed by atoms with Gasteiger partial charge in [-0.1, -0.05) is 23.9 Å². The summed E-state index contributed by atoms with van der Waals surface area (Å²) in [6.07, 6.45) is 4.25. The number of nitrogens with zero attached hydrogens (tertiary/aromatic N) is 3. The standard InChI is InChI=1S/C24H27N3O3S2/c1-15-6-5-7-17(14-15)27-23(29)20-18-8-3-4-9-19(18)32-21(20)25-24(27)31-16(2)22(28)26-10-12-30-13-11-26/h5-7,14,16H,3-4,8-13H2,1-2H3/t16-/m0/s1. The van der Waals surface area contributed by atoms with Gasteiger partial charge in [-0.15, -0.1) is 11.3 Å². The number of ether oxygens (including phenoxy) is 1. The molecule has 6 nitrogen and oxygen atoms in total. The van der Waals surface area contributed by atoms with Crippen molar-refractivity contribution in [1.29, 1.82) is 0 Å². The summed E-state index contributed by atoms with van der Waals surface area (Å²) >= 11 is 3.02. The van der Waals surface area contributed by atoms with E-state index in [1.165, 1.54) is 28.6 Å². The number of benzene rings is 1. The lowest BCUT2D eigenvalue weighted by molar-refractivity contribution is -0.134. The maximum absolute atomic E-state index is 13.9. The molecule has 0 spiro atoms. The maximum atomic E-state index is 13.9. The average molecular weight is 470 g/mol. The number of amides is 1. The van der Waals surface area contributed by atoms with Crippen LogP contribution in [0.1, 0.15) is 35.8 Å². The highest BCUT2D eigenvalue weighted by Crippen LogP contribution is 2.36. The van der Waals surface area contributed by atoms with E-state index in [4.69, 9.17) is 9.72 Å². The van der Waals surface area contributed by atoms with Crippen LogP contribution in [0.15, 0.2) is 34.2 Å². The first-order valence-corrected chi connectivity index (χ1v) is 12.9. The number of thioether (sulfide) groups is 1. The molecular formula is C24H27N3O3S2.